The van der Waals surface area contributed by atoms with Crippen molar-refractivity contribution in [3.63, 3.8) is 0 Å². The molecule has 17 heavy (non-hydrogen) atoms. The van der Waals surface area contributed by atoms with Gasteiger partial charge in [0.05, 0.1) is 6.54 Å². The molecule has 0 atom stereocenters. The Hall–Kier alpha value is -1.26. The monoisotopic (exact) mass is 227 g/mol. The van der Waals surface area contributed by atoms with Crippen LogP contribution < -0.4 is 5.32 Å². The van der Waals surface area contributed by atoms with Crippen LogP contribution in [0.5, 0.6) is 0 Å². The van der Waals surface area contributed by atoms with Gasteiger partial charge >= 0.3 is 0 Å². The average Bonchev–Trinajstić information content (AvgIpc) is 3.11. The molecular weight excluding hydrogens is 206 g/mol. The molecule has 0 unspecified atom stereocenters. The summed E-state index contributed by atoms with van der Waals surface area (Å²) in [4.78, 5) is 0. The van der Waals surface area contributed by atoms with Crippen LogP contribution in [0.2, 0.25) is 0 Å². The van der Waals surface area contributed by atoms with Crippen LogP contribution in [-0.2, 0) is 0 Å². The molecule has 0 heterocycles. The zero-order chi connectivity index (χ0) is 12.0. The first kappa shape index (κ1) is 12.2. The van der Waals surface area contributed by atoms with Crippen LogP contribution in [0.15, 0.2) is 30.3 Å². The first-order valence-corrected chi connectivity index (χ1v) is 6.59. The van der Waals surface area contributed by atoms with Crippen molar-refractivity contribution in [2.45, 2.75) is 32.6 Å². The Labute approximate surface area is 105 Å². The van der Waals surface area contributed by atoms with Crippen LogP contribution in [0.25, 0.3) is 0 Å². The normalized spacial score (nSPS) is 16.1. The zero-order valence-electron chi connectivity index (χ0n) is 10.6. The van der Waals surface area contributed by atoms with Crippen LogP contribution in [0.3, 0.4) is 0 Å². The predicted octanol–water partition coefficient (Wildman–Crippen LogP) is 3.21. The number of hydrogen-bond donors (Lipinski definition) is 1. The second-order valence-electron chi connectivity index (χ2n) is 5.02. The molecule has 0 amide bonds. The first-order chi connectivity index (χ1) is 8.35. The predicted molar refractivity (Wildman–Crippen MR) is 72.8 cm³/mol. The Morgan fingerprint density at radius 2 is 2.00 bits per heavy atom. The summed E-state index contributed by atoms with van der Waals surface area (Å²) in [5.41, 5.74) is 1.73. The van der Waals surface area contributed by atoms with Crippen molar-refractivity contribution in [2.75, 3.05) is 13.1 Å². The third-order valence-electron chi connectivity index (χ3n) is 3.46. The molecule has 0 spiro atoms. The summed E-state index contributed by atoms with van der Waals surface area (Å²) in [6, 6.07) is 10.2. The number of benzene rings is 1. The van der Waals surface area contributed by atoms with Gasteiger partial charge in [-0.1, -0.05) is 43.4 Å². The molecule has 1 nitrogen and oxygen atoms in total. The molecule has 1 aliphatic carbocycles. The van der Waals surface area contributed by atoms with E-state index in [9.17, 15) is 0 Å². The quantitative estimate of drug-likeness (QED) is 0.601. The maximum atomic E-state index is 3.47. The van der Waals surface area contributed by atoms with Gasteiger partial charge < -0.3 is 5.32 Å². The highest BCUT2D eigenvalue weighted by Gasteiger charge is 2.40. The van der Waals surface area contributed by atoms with Gasteiger partial charge in [-0.05, 0) is 36.8 Å². The molecule has 0 aliphatic heterocycles. The molecule has 1 N–H and O–H groups in total. The average molecular weight is 227 g/mol. The highest BCUT2D eigenvalue weighted by molar-refractivity contribution is 5.33. The Bertz CT molecular complexity index is 393. The lowest BCUT2D eigenvalue weighted by molar-refractivity contribution is 0.432. The van der Waals surface area contributed by atoms with Gasteiger partial charge in [-0.25, -0.2) is 0 Å². The molecule has 0 bridgehead atoms. The van der Waals surface area contributed by atoms with Crippen molar-refractivity contribution in [1.29, 1.82) is 0 Å². The Morgan fingerprint density at radius 3 is 2.65 bits per heavy atom. The molecule has 1 saturated carbocycles. The molecule has 1 aromatic rings. The minimum absolute atomic E-state index is 0.628. The SMILES string of the molecule is CCCC1(CNCC#Cc2ccccc2)CC1. The summed E-state index contributed by atoms with van der Waals surface area (Å²) in [7, 11) is 0. The zero-order valence-corrected chi connectivity index (χ0v) is 10.6. The summed E-state index contributed by atoms with van der Waals surface area (Å²) >= 11 is 0. The van der Waals surface area contributed by atoms with E-state index in [1.807, 2.05) is 30.3 Å². The molecule has 1 aromatic carbocycles. The second kappa shape index (κ2) is 5.89. The van der Waals surface area contributed by atoms with E-state index in [1.165, 1.54) is 25.7 Å². The summed E-state index contributed by atoms with van der Waals surface area (Å²) in [6.07, 6.45) is 5.48. The van der Waals surface area contributed by atoms with Gasteiger partial charge in [0, 0.05) is 12.1 Å². The molecule has 2 rings (SSSR count). The minimum atomic E-state index is 0.628. The van der Waals surface area contributed by atoms with E-state index in [0.29, 0.717) is 5.41 Å². The van der Waals surface area contributed by atoms with Crippen LogP contribution >= 0.6 is 0 Å². The maximum Gasteiger partial charge on any atom is 0.0580 e. The van der Waals surface area contributed by atoms with Crippen molar-refractivity contribution >= 4 is 0 Å². The molecule has 90 valence electrons. The summed E-state index contributed by atoms with van der Waals surface area (Å²) in [5.74, 6) is 6.35. The molecule has 0 aromatic heterocycles. The first-order valence-electron chi connectivity index (χ1n) is 6.59. The van der Waals surface area contributed by atoms with E-state index < -0.39 is 0 Å². The lowest BCUT2D eigenvalue weighted by Crippen LogP contribution is -2.24. The van der Waals surface area contributed by atoms with E-state index in [2.05, 4.69) is 24.1 Å². The van der Waals surface area contributed by atoms with Crippen LogP contribution in [0.1, 0.15) is 38.2 Å². The largest absolute Gasteiger partial charge is 0.306 e. The van der Waals surface area contributed by atoms with Crippen molar-refractivity contribution in [3.05, 3.63) is 35.9 Å². The fraction of sp³-hybridized carbons (Fsp3) is 0.500. The van der Waals surface area contributed by atoms with Crippen molar-refractivity contribution < 1.29 is 0 Å². The topological polar surface area (TPSA) is 12.0 Å². The van der Waals surface area contributed by atoms with Gasteiger partial charge in [0.25, 0.3) is 0 Å². The van der Waals surface area contributed by atoms with Crippen molar-refractivity contribution in [1.82, 2.24) is 5.32 Å². The highest BCUT2D eigenvalue weighted by Crippen LogP contribution is 2.48. The molecule has 1 fully saturated rings. The Balaban J connectivity index is 1.69. The second-order valence-corrected chi connectivity index (χ2v) is 5.02. The lowest BCUT2D eigenvalue weighted by Gasteiger charge is -2.13. The fourth-order valence-electron chi connectivity index (χ4n) is 2.28. The maximum absolute atomic E-state index is 3.47. The van der Waals surface area contributed by atoms with Gasteiger partial charge in [0.15, 0.2) is 0 Å². The smallest absolute Gasteiger partial charge is 0.0580 e. The molecule has 1 aliphatic rings. The number of nitrogens with one attached hydrogen (secondary N) is 1. The molecule has 0 radical (unpaired) electrons. The van der Waals surface area contributed by atoms with Crippen LogP contribution in [0, 0.1) is 17.3 Å². The van der Waals surface area contributed by atoms with Gasteiger partial charge in [0.1, 0.15) is 0 Å². The van der Waals surface area contributed by atoms with Gasteiger partial charge in [-0.15, -0.1) is 0 Å². The Kier molecular flexibility index (Phi) is 4.23. The van der Waals surface area contributed by atoms with E-state index in [1.54, 1.807) is 0 Å². The van der Waals surface area contributed by atoms with Gasteiger partial charge in [-0.3, -0.25) is 0 Å². The molecule has 1 heteroatoms. The summed E-state index contributed by atoms with van der Waals surface area (Å²) in [6.45, 7) is 4.22. The summed E-state index contributed by atoms with van der Waals surface area (Å²) in [5, 5.41) is 3.47. The summed E-state index contributed by atoms with van der Waals surface area (Å²) < 4.78 is 0. The van der Waals surface area contributed by atoms with Crippen LogP contribution in [-0.4, -0.2) is 13.1 Å². The molecule has 0 saturated heterocycles. The Morgan fingerprint density at radius 1 is 1.24 bits per heavy atom. The van der Waals surface area contributed by atoms with Crippen LogP contribution in [0.4, 0.5) is 0 Å². The third-order valence-corrected chi connectivity index (χ3v) is 3.46. The lowest BCUT2D eigenvalue weighted by atomic mass is 10.0. The van der Waals surface area contributed by atoms with Gasteiger partial charge in [0.2, 0.25) is 0 Å². The van der Waals surface area contributed by atoms with Crippen molar-refractivity contribution in [2.24, 2.45) is 5.41 Å². The number of rotatable bonds is 5. The highest BCUT2D eigenvalue weighted by atomic mass is 14.9. The van der Waals surface area contributed by atoms with E-state index in [4.69, 9.17) is 0 Å². The fourth-order valence-corrected chi connectivity index (χ4v) is 2.28. The van der Waals surface area contributed by atoms with E-state index >= 15 is 0 Å². The number of hydrogen-bond acceptors (Lipinski definition) is 1. The van der Waals surface area contributed by atoms with Crippen molar-refractivity contribution in [3.8, 4) is 11.8 Å². The standard InChI is InChI=1S/C16H21N/c1-2-10-16(11-12-16)14-17-13-6-9-15-7-4-3-5-8-15/h3-5,7-8,17H,2,10-14H2,1H3. The van der Waals surface area contributed by atoms with Gasteiger partial charge in [-0.2, -0.15) is 0 Å². The van der Waals surface area contributed by atoms with E-state index in [-0.39, 0.29) is 0 Å². The van der Waals surface area contributed by atoms with E-state index in [0.717, 1.165) is 18.7 Å². The third kappa shape index (κ3) is 3.91. The molecular formula is C16H21N. The minimum Gasteiger partial charge on any atom is -0.306 e.